The van der Waals surface area contributed by atoms with Crippen LogP contribution in [-0.2, 0) is 20.7 Å². The molecule has 3 atom stereocenters. The van der Waals surface area contributed by atoms with E-state index in [-0.39, 0.29) is 11.8 Å². The molecule has 0 bridgehead atoms. The summed E-state index contributed by atoms with van der Waals surface area (Å²) in [6.45, 7) is 7.30. The molecule has 2 rings (SSSR count). The van der Waals surface area contributed by atoms with Crippen LogP contribution in [0.2, 0.25) is 0 Å². The zero-order chi connectivity index (χ0) is 20.2. The predicted molar refractivity (Wildman–Crippen MR) is 102 cm³/mol. The van der Waals surface area contributed by atoms with Gasteiger partial charge in [0, 0.05) is 6.54 Å². The smallest absolute Gasteiger partial charge is 0.410 e. The highest BCUT2D eigenvalue weighted by Gasteiger charge is 2.41. The molecule has 0 spiro atoms. The fourth-order valence-corrected chi connectivity index (χ4v) is 3.17. The van der Waals surface area contributed by atoms with Gasteiger partial charge >= 0.3 is 6.09 Å². The molecule has 1 aromatic rings. The average molecular weight is 375 g/mol. The topological polar surface area (TPSA) is 102 Å². The maximum Gasteiger partial charge on any atom is 0.410 e. The molecule has 1 aromatic carbocycles. The van der Waals surface area contributed by atoms with Gasteiger partial charge in [-0.05, 0) is 52.0 Å². The summed E-state index contributed by atoms with van der Waals surface area (Å²) in [5, 5.41) is 2.59. The minimum absolute atomic E-state index is 0.125. The summed E-state index contributed by atoms with van der Waals surface area (Å²) in [7, 11) is 0. The van der Waals surface area contributed by atoms with Gasteiger partial charge in [0.1, 0.15) is 17.7 Å². The Morgan fingerprint density at radius 2 is 1.89 bits per heavy atom. The lowest BCUT2D eigenvalue weighted by Gasteiger charge is -2.28. The molecule has 1 saturated heterocycles. The molecule has 148 valence electrons. The van der Waals surface area contributed by atoms with E-state index in [1.807, 2.05) is 30.3 Å². The highest BCUT2D eigenvalue weighted by atomic mass is 16.6. The summed E-state index contributed by atoms with van der Waals surface area (Å²) in [5.74, 6) is -0.881. The lowest BCUT2D eigenvalue weighted by Crippen LogP contribution is -2.51. The number of benzene rings is 1. The Bertz CT molecular complexity index is 684. The van der Waals surface area contributed by atoms with Gasteiger partial charge in [-0.15, -0.1) is 0 Å². The van der Waals surface area contributed by atoms with Crippen molar-refractivity contribution in [1.29, 1.82) is 0 Å². The lowest BCUT2D eigenvalue weighted by molar-refractivity contribution is -0.129. The van der Waals surface area contributed by atoms with E-state index in [0.717, 1.165) is 12.0 Å². The van der Waals surface area contributed by atoms with Crippen molar-refractivity contribution in [3.63, 3.8) is 0 Å². The van der Waals surface area contributed by atoms with E-state index in [0.29, 0.717) is 13.0 Å². The first-order valence-corrected chi connectivity index (χ1v) is 9.20. The van der Waals surface area contributed by atoms with Crippen molar-refractivity contribution in [3.05, 3.63) is 35.9 Å². The van der Waals surface area contributed by atoms with Crippen molar-refractivity contribution >= 4 is 17.9 Å². The van der Waals surface area contributed by atoms with Crippen LogP contribution in [0.1, 0.15) is 39.7 Å². The second kappa shape index (κ2) is 8.41. The molecule has 1 aliphatic rings. The average Bonchev–Trinajstić information content (AvgIpc) is 2.98. The van der Waals surface area contributed by atoms with Crippen LogP contribution in [0.5, 0.6) is 0 Å². The lowest BCUT2D eigenvalue weighted by atomic mass is 9.96. The molecular weight excluding hydrogens is 346 g/mol. The first-order chi connectivity index (χ1) is 12.6. The summed E-state index contributed by atoms with van der Waals surface area (Å²) < 4.78 is 5.47. The van der Waals surface area contributed by atoms with Crippen molar-refractivity contribution in [1.82, 2.24) is 10.2 Å². The van der Waals surface area contributed by atoms with E-state index >= 15 is 0 Å². The highest BCUT2D eigenvalue weighted by molar-refractivity contribution is 5.90. The van der Waals surface area contributed by atoms with Crippen LogP contribution in [0, 0.1) is 5.92 Å². The number of rotatable bonds is 5. The molecule has 0 radical (unpaired) electrons. The standard InChI is InChI=1S/C20H29N3O4/c1-13(17(21)24)22-18(25)16-11-15(10-14-8-6-5-7-9-14)12-23(16)19(26)27-20(2,3)4/h5-9,13,15-16H,10-12H2,1-4H3,(H2,21,24)(H,22,25)/t13-,15-,16+/m0/s1. The van der Waals surface area contributed by atoms with E-state index in [4.69, 9.17) is 10.5 Å². The normalized spacial score (nSPS) is 20.8. The Labute approximate surface area is 160 Å². The number of ether oxygens (including phenoxy) is 1. The molecule has 1 fully saturated rings. The highest BCUT2D eigenvalue weighted by Crippen LogP contribution is 2.28. The number of carbonyl (C=O) groups is 3. The van der Waals surface area contributed by atoms with Crippen LogP contribution in [0.25, 0.3) is 0 Å². The van der Waals surface area contributed by atoms with Gasteiger partial charge in [-0.2, -0.15) is 0 Å². The Morgan fingerprint density at radius 1 is 1.26 bits per heavy atom. The summed E-state index contributed by atoms with van der Waals surface area (Å²) in [6, 6.07) is 8.46. The summed E-state index contributed by atoms with van der Waals surface area (Å²) >= 11 is 0. The number of primary amides is 1. The summed E-state index contributed by atoms with van der Waals surface area (Å²) in [6.07, 6.45) is 0.741. The van der Waals surface area contributed by atoms with Crippen LogP contribution in [0.4, 0.5) is 4.79 Å². The molecule has 0 aromatic heterocycles. The first kappa shape index (κ1) is 20.7. The van der Waals surface area contributed by atoms with Crippen molar-refractivity contribution in [3.8, 4) is 0 Å². The van der Waals surface area contributed by atoms with Gasteiger partial charge in [-0.1, -0.05) is 30.3 Å². The predicted octanol–water partition coefficient (Wildman–Crippen LogP) is 1.84. The summed E-state index contributed by atoms with van der Waals surface area (Å²) in [4.78, 5) is 38.0. The molecule has 0 unspecified atom stereocenters. The Kier molecular flexibility index (Phi) is 6.46. The largest absolute Gasteiger partial charge is 0.444 e. The Morgan fingerprint density at radius 3 is 2.44 bits per heavy atom. The van der Waals surface area contributed by atoms with Gasteiger partial charge in [0.2, 0.25) is 11.8 Å². The van der Waals surface area contributed by atoms with Crippen LogP contribution in [0.3, 0.4) is 0 Å². The van der Waals surface area contributed by atoms with Crippen molar-refractivity contribution in [2.75, 3.05) is 6.54 Å². The number of nitrogens with one attached hydrogen (secondary N) is 1. The van der Waals surface area contributed by atoms with E-state index in [2.05, 4.69) is 5.32 Å². The number of carbonyl (C=O) groups excluding carboxylic acids is 3. The van der Waals surface area contributed by atoms with E-state index in [1.54, 1.807) is 20.8 Å². The fraction of sp³-hybridized carbons (Fsp3) is 0.550. The monoisotopic (exact) mass is 375 g/mol. The fourth-order valence-electron chi connectivity index (χ4n) is 3.17. The zero-order valence-electron chi connectivity index (χ0n) is 16.4. The molecule has 3 N–H and O–H groups in total. The Balaban J connectivity index is 2.14. The SMILES string of the molecule is C[C@H](NC(=O)[C@H]1C[C@H](Cc2ccccc2)CN1C(=O)OC(C)(C)C)C(N)=O. The van der Waals surface area contributed by atoms with Gasteiger partial charge in [0.05, 0.1) is 0 Å². The molecule has 7 nitrogen and oxygen atoms in total. The van der Waals surface area contributed by atoms with Crippen LogP contribution in [-0.4, -0.2) is 47.0 Å². The first-order valence-electron chi connectivity index (χ1n) is 9.20. The van der Waals surface area contributed by atoms with Crippen LogP contribution < -0.4 is 11.1 Å². The van der Waals surface area contributed by atoms with Gasteiger partial charge in [-0.25, -0.2) is 4.79 Å². The number of hydrogen-bond acceptors (Lipinski definition) is 4. The minimum Gasteiger partial charge on any atom is -0.444 e. The third kappa shape index (κ3) is 5.98. The van der Waals surface area contributed by atoms with Crippen LogP contribution in [0.15, 0.2) is 30.3 Å². The number of nitrogens with zero attached hydrogens (tertiary/aromatic N) is 1. The third-order valence-electron chi connectivity index (χ3n) is 4.47. The van der Waals surface area contributed by atoms with E-state index in [1.165, 1.54) is 11.8 Å². The molecule has 3 amide bonds. The van der Waals surface area contributed by atoms with Gasteiger partial charge in [0.15, 0.2) is 0 Å². The van der Waals surface area contributed by atoms with Crippen molar-refractivity contribution in [2.45, 2.75) is 58.2 Å². The molecule has 1 aliphatic heterocycles. The third-order valence-corrected chi connectivity index (χ3v) is 4.47. The molecule has 27 heavy (non-hydrogen) atoms. The maximum atomic E-state index is 12.7. The van der Waals surface area contributed by atoms with E-state index in [9.17, 15) is 14.4 Å². The van der Waals surface area contributed by atoms with Gasteiger partial charge in [-0.3, -0.25) is 14.5 Å². The number of likely N-dealkylation sites (tertiary alicyclic amines) is 1. The van der Waals surface area contributed by atoms with Crippen molar-refractivity contribution in [2.24, 2.45) is 11.7 Å². The number of amides is 3. The van der Waals surface area contributed by atoms with Gasteiger partial charge < -0.3 is 15.8 Å². The number of nitrogens with two attached hydrogens (primary N) is 1. The maximum absolute atomic E-state index is 12.7. The second-order valence-electron chi connectivity index (χ2n) is 8.07. The number of hydrogen-bond donors (Lipinski definition) is 2. The minimum atomic E-state index is -0.800. The molecule has 7 heteroatoms. The summed E-state index contributed by atoms with van der Waals surface area (Å²) in [5.41, 5.74) is 5.73. The second-order valence-corrected chi connectivity index (χ2v) is 8.07. The van der Waals surface area contributed by atoms with E-state index < -0.39 is 29.7 Å². The molecular formula is C20H29N3O4. The van der Waals surface area contributed by atoms with Gasteiger partial charge in [0.25, 0.3) is 0 Å². The molecule has 0 saturated carbocycles. The molecule has 1 heterocycles. The quantitative estimate of drug-likeness (QED) is 0.820. The van der Waals surface area contributed by atoms with Crippen molar-refractivity contribution < 1.29 is 19.1 Å². The zero-order valence-corrected chi connectivity index (χ0v) is 16.4. The molecule has 0 aliphatic carbocycles. The van der Waals surface area contributed by atoms with Crippen LogP contribution >= 0.6 is 0 Å². The Hall–Kier alpha value is -2.57.